The molecule has 0 aromatic carbocycles. The Labute approximate surface area is 151 Å². The molecule has 0 spiro atoms. The number of nitrogens with one attached hydrogen (secondary N) is 2. The van der Waals surface area contributed by atoms with Crippen molar-refractivity contribution in [3.05, 3.63) is 23.9 Å². The maximum Gasteiger partial charge on any atom is 0.218 e. The zero-order chi connectivity index (χ0) is 15.5. The Bertz CT molecular complexity index is 438. The largest absolute Gasteiger partial charge is 0.477 e. The predicted octanol–water partition coefficient (Wildman–Crippen LogP) is 3.20. The van der Waals surface area contributed by atoms with E-state index in [0.29, 0.717) is 24.9 Å². The zero-order valence-corrected chi connectivity index (χ0v) is 16.4. The summed E-state index contributed by atoms with van der Waals surface area (Å²) in [5, 5.41) is 6.58. The minimum atomic E-state index is 0. The van der Waals surface area contributed by atoms with Crippen molar-refractivity contribution in [3.63, 3.8) is 0 Å². The fraction of sp³-hybridized carbons (Fsp3) is 0.625. The monoisotopic (exact) mass is 420 g/mol. The first-order chi connectivity index (χ1) is 10.2. The Morgan fingerprint density at radius 2 is 2.09 bits per heavy atom. The molecule has 0 saturated heterocycles. The van der Waals surface area contributed by atoms with Crippen molar-refractivity contribution in [2.75, 3.05) is 19.7 Å². The van der Waals surface area contributed by atoms with E-state index >= 15 is 0 Å². The highest BCUT2D eigenvalue weighted by Gasteiger charge is 2.05. The van der Waals surface area contributed by atoms with Crippen LogP contribution in [-0.2, 0) is 6.54 Å². The zero-order valence-electron chi connectivity index (χ0n) is 14.1. The first kappa shape index (κ1) is 20.9. The summed E-state index contributed by atoms with van der Waals surface area (Å²) in [7, 11) is 0. The van der Waals surface area contributed by atoms with Crippen molar-refractivity contribution < 1.29 is 4.74 Å². The van der Waals surface area contributed by atoms with E-state index in [2.05, 4.69) is 48.3 Å². The number of hydrogen-bond donors (Lipinski definition) is 2. The molecule has 0 unspecified atom stereocenters. The second-order valence-corrected chi connectivity index (χ2v) is 5.29. The van der Waals surface area contributed by atoms with Crippen LogP contribution >= 0.6 is 24.0 Å². The molecule has 0 saturated carbocycles. The number of ether oxygens (including phenoxy) is 1. The molecule has 22 heavy (non-hydrogen) atoms. The van der Waals surface area contributed by atoms with E-state index in [-0.39, 0.29) is 24.0 Å². The first-order valence-corrected chi connectivity index (χ1v) is 7.76. The van der Waals surface area contributed by atoms with Gasteiger partial charge < -0.3 is 15.4 Å². The summed E-state index contributed by atoms with van der Waals surface area (Å²) in [4.78, 5) is 8.88. The van der Waals surface area contributed by atoms with Crippen LogP contribution in [0.2, 0.25) is 0 Å². The molecule has 0 aliphatic heterocycles. The summed E-state index contributed by atoms with van der Waals surface area (Å²) in [6.45, 7) is 11.5. The van der Waals surface area contributed by atoms with Crippen LogP contribution in [0.15, 0.2) is 23.3 Å². The van der Waals surface area contributed by atoms with Gasteiger partial charge in [0.2, 0.25) is 5.88 Å². The standard InChI is InChI=1S/C16H28N4O.HI/c1-5-10-21-15-14(8-7-9-18-15)12-20-16(17-6-2)19-11-13(3)4;/h7-9,13H,5-6,10-12H2,1-4H3,(H2,17,19,20);1H. The molecule has 0 aliphatic rings. The molecule has 6 heteroatoms. The number of rotatable bonds is 8. The van der Waals surface area contributed by atoms with E-state index in [1.165, 1.54) is 0 Å². The number of nitrogens with zero attached hydrogens (tertiary/aromatic N) is 2. The summed E-state index contributed by atoms with van der Waals surface area (Å²) in [6.07, 6.45) is 2.72. The van der Waals surface area contributed by atoms with Gasteiger partial charge in [0.05, 0.1) is 13.2 Å². The lowest BCUT2D eigenvalue weighted by Gasteiger charge is -2.13. The van der Waals surface area contributed by atoms with Gasteiger partial charge in [-0.2, -0.15) is 0 Å². The molecule has 1 heterocycles. The summed E-state index contributed by atoms with van der Waals surface area (Å²) in [5.41, 5.74) is 1.01. The second kappa shape index (κ2) is 12.5. The highest BCUT2D eigenvalue weighted by molar-refractivity contribution is 14.0. The molecule has 5 nitrogen and oxygen atoms in total. The summed E-state index contributed by atoms with van der Waals surface area (Å²) < 4.78 is 5.66. The lowest BCUT2D eigenvalue weighted by Crippen LogP contribution is -2.39. The fourth-order valence-corrected chi connectivity index (χ4v) is 1.68. The summed E-state index contributed by atoms with van der Waals surface area (Å²) in [5.74, 6) is 2.09. The third-order valence-electron chi connectivity index (χ3n) is 2.72. The van der Waals surface area contributed by atoms with Crippen LogP contribution in [0.25, 0.3) is 0 Å². The van der Waals surface area contributed by atoms with Crippen molar-refractivity contribution in [1.82, 2.24) is 15.6 Å². The average molecular weight is 420 g/mol. The van der Waals surface area contributed by atoms with E-state index in [9.17, 15) is 0 Å². The van der Waals surface area contributed by atoms with Gasteiger partial charge >= 0.3 is 0 Å². The van der Waals surface area contributed by atoms with Crippen LogP contribution in [0.4, 0.5) is 0 Å². The maximum atomic E-state index is 5.66. The van der Waals surface area contributed by atoms with E-state index in [1.54, 1.807) is 6.20 Å². The Hall–Kier alpha value is -1.05. The average Bonchev–Trinajstić information content (AvgIpc) is 2.48. The topological polar surface area (TPSA) is 58.5 Å². The van der Waals surface area contributed by atoms with Crippen molar-refractivity contribution in [2.24, 2.45) is 10.9 Å². The normalized spacial score (nSPS) is 11.0. The van der Waals surface area contributed by atoms with Crippen LogP contribution in [0, 0.1) is 5.92 Å². The fourth-order valence-electron chi connectivity index (χ4n) is 1.68. The van der Waals surface area contributed by atoms with Gasteiger partial charge in [0.1, 0.15) is 0 Å². The Morgan fingerprint density at radius 1 is 1.32 bits per heavy atom. The first-order valence-electron chi connectivity index (χ1n) is 7.76. The summed E-state index contributed by atoms with van der Waals surface area (Å²) >= 11 is 0. The van der Waals surface area contributed by atoms with Crippen molar-refractivity contribution in [2.45, 2.75) is 40.7 Å². The van der Waals surface area contributed by atoms with Gasteiger partial charge in [-0.15, -0.1) is 24.0 Å². The van der Waals surface area contributed by atoms with Crippen LogP contribution in [-0.4, -0.2) is 30.6 Å². The molecule has 1 aromatic rings. The highest BCUT2D eigenvalue weighted by atomic mass is 127. The third-order valence-corrected chi connectivity index (χ3v) is 2.72. The van der Waals surface area contributed by atoms with Crippen molar-refractivity contribution in [3.8, 4) is 5.88 Å². The van der Waals surface area contributed by atoms with Gasteiger partial charge in [0.25, 0.3) is 0 Å². The molecule has 0 amide bonds. The predicted molar refractivity (Wildman–Crippen MR) is 103 cm³/mol. The van der Waals surface area contributed by atoms with Crippen molar-refractivity contribution in [1.29, 1.82) is 0 Å². The number of guanidine groups is 1. The molecule has 0 atom stereocenters. The van der Waals surface area contributed by atoms with Gasteiger partial charge in [-0.3, -0.25) is 0 Å². The van der Waals surface area contributed by atoms with Crippen LogP contribution in [0.1, 0.15) is 39.7 Å². The lowest BCUT2D eigenvalue weighted by molar-refractivity contribution is 0.302. The smallest absolute Gasteiger partial charge is 0.218 e. The van der Waals surface area contributed by atoms with Gasteiger partial charge in [-0.1, -0.05) is 26.8 Å². The van der Waals surface area contributed by atoms with Gasteiger partial charge in [0.15, 0.2) is 5.96 Å². The maximum absolute atomic E-state index is 5.66. The minimum Gasteiger partial charge on any atom is -0.477 e. The Kier molecular flexibility index (Phi) is 11.9. The second-order valence-electron chi connectivity index (χ2n) is 5.29. The highest BCUT2D eigenvalue weighted by Crippen LogP contribution is 2.15. The number of pyridine rings is 1. The molecule has 126 valence electrons. The Morgan fingerprint density at radius 3 is 2.73 bits per heavy atom. The van der Waals surface area contributed by atoms with E-state index in [1.807, 2.05) is 12.1 Å². The van der Waals surface area contributed by atoms with Crippen molar-refractivity contribution >= 4 is 29.9 Å². The number of aromatic nitrogens is 1. The van der Waals surface area contributed by atoms with Gasteiger partial charge in [-0.05, 0) is 25.3 Å². The molecular weight excluding hydrogens is 391 g/mol. The molecule has 1 aromatic heterocycles. The van der Waals surface area contributed by atoms with Crippen LogP contribution in [0.5, 0.6) is 5.88 Å². The minimum absolute atomic E-state index is 0. The SMILES string of the molecule is CCCOc1ncccc1CN=C(NCC)NCC(C)C.I. The van der Waals surface area contributed by atoms with E-state index < -0.39 is 0 Å². The van der Waals surface area contributed by atoms with Gasteiger partial charge in [-0.25, -0.2) is 9.98 Å². The molecule has 0 fully saturated rings. The molecule has 0 radical (unpaired) electrons. The lowest BCUT2D eigenvalue weighted by atomic mass is 10.2. The number of halogens is 1. The quantitative estimate of drug-likeness (QED) is 0.385. The van der Waals surface area contributed by atoms with Crippen LogP contribution in [0.3, 0.4) is 0 Å². The van der Waals surface area contributed by atoms with E-state index in [0.717, 1.165) is 31.0 Å². The number of hydrogen-bond acceptors (Lipinski definition) is 3. The molecule has 2 N–H and O–H groups in total. The molecule has 1 rings (SSSR count). The molecule has 0 bridgehead atoms. The number of aliphatic imine (C=N–C) groups is 1. The van der Waals surface area contributed by atoms with E-state index in [4.69, 9.17) is 4.74 Å². The molecular formula is C16H29IN4O. The summed E-state index contributed by atoms with van der Waals surface area (Å²) in [6, 6.07) is 3.92. The molecule has 0 aliphatic carbocycles. The Balaban J connectivity index is 0.00000441. The van der Waals surface area contributed by atoms with Gasteiger partial charge in [0, 0.05) is 24.8 Å². The third kappa shape index (κ3) is 8.41. The van der Waals surface area contributed by atoms with Crippen LogP contribution < -0.4 is 15.4 Å².